The molecule has 0 atom stereocenters. The van der Waals surface area contributed by atoms with Crippen molar-refractivity contribution in [2.45, 2.75) is 72.3 Å². The smallest absolute Gasteiger partial charge is 0.216 e. The third-order valence-electron chi connectivity index (χ3n) is 5.76. The molecule has 2 aromatic carbocycles. The van der Waals surface area contributed by atoms with Gasteiger partial charge in [0.2, 0.25) is 5.91 Å². The number of nitrogens with one attached hydrogen (secondary N) is 1. The number of carbonyl (C=O) groups is 1. The van der Waals surface area contributed by atoms with Crippen molar-refractivity contribution in [2.75, 3.05) is 13.2 Å². The minimum Gasteiger partial charge on any atom is -0.493 e. The quantitative estimate of drug-likeness (QED) is 0.367. The molecule has 0 radical (unpaired) electrons. The molecule has 0 unspecified atom stereocenters. The zero-order valence-electron chi connectivity index (χ0n) is 20.0. The first kappa shape index (κ1) is 23.8. The first-order chi connectivity index (χ1) is 15.5. The summed E-state index contributed by atoms with van der Waals surface area (Å²) in [5.74, 6) is 2.64. The van der Waals surface area contributed by atoms with E-state index in [2.05, 4.69) is 67.1 Å². The Morgan fingerprint density at radius 3 is 2.69 bits per heavy atom. The SMILES string of the molecule is CC(=O)NCCCCCc1nc2ccccc2n1CCCOc1cc(C)ccc1C(C)C. The van der Waals surface area contributed by atoms with Crippen molar-refractivity contribution < 1.29 is 9.53 Å². The Morgan fingerprint density at radius 1 is 1.09 bits per heavy atom. The van der Waals surface area contributed by atoms with Crippen LogP contribution in [0.25, 0.3) is 11.0 Å². The van der Waals surface area contributed by atoms with Gasteiger partial charge in [-0.1, -0.05) is 44.5 Å². The fourth-order valence-electron chi connectivity index (χ4n) is 4.06. The Labute approximate surface area is 192 Å². The average molecular weight is 436 g/mol. The maximum atomic E-state index is 11.0. The van der Waals surface area contributed by atoms with E-state index in [9.17, 15) is 4.79 Å². The zero-order valence-corrected chi connectivity index (χ0v) is 20.0. The Balaban J connectivity index is 1.58. The fraction of sp³-hybridized carbons (Fsp3) is 0.481. The van der Waals surface area contributed by atoms with Gasteiger partial charge < -0.3 is 14.6 Å². The number of fused-ring (bicyclic) bond motifs is 1. The van der Waals surface area contributed by atoms with Crippen molar-refractivity contribution in [2.24, 2.45) is 0 Å². The minimum atomic E-state index is 0.0418. The molecule has 1 amide bonds. The number of aromatic nitrogens is 2. The van der Waals surface area contributed by atoms with Gasteiger partial charge in [0.15, 0.2) is 0 Å². The van der Waals surface area contributed by atoms with E-state index in [0.29, 0.717) is 12.5 Å². The van der Waals surface area contributed by atoms with Gasteiger partial charge in [-0.2, -0.15) is 0 Å². The predicted octanol–water partition coefficient (Wildman–Crippen LogP) is 5.79. The molecule has 3 aromatic rings. The molecule has 0 saturated heterocycles. The first-order valence-corrected chi connectivity index (χ1v) is 11.9. The molecule has 0 aliphatic carbocycles. The van der Waals surface area contributed by atoms with E-state index in [1.54, 1.807) is 6.92 Å². The Hall–Kier alpha value is -2.82. The van der Waals surface area contributed by atoms with Crippen LogP contribution in [-0.4, -0.2) is 28.6 Å². The number of amides is 1. The second-order valence-electron chi connectivity index (χ2n) is 8.86. The molecule has 1 N–H and O–H groups in total. The lowest BCUT2D eigenvalue weighted by Gasteiger charge is -2.15. The van der Waals surface area contributed by atoms with Crippen LogP contribution in [0.4, 0.5) is 0 Å². The molecule has 32 heavy (non-hydrogen) atoms. The average Bonchev–Trinajstić information content (AvgIpc) is 3.10. The Kier molecular flexibility index (Phi) is 8.72. The van der Waals surface area contributed by atoms with Gasteiger partial charge in [0.1, 0.15) is 11.6 Å². The molecule has 0 aliphatic rings. The molecule has 172 valence electrons. The van der Waals surface area contributed by atoms with Crippen LogP contribution in [0, 0.1) is 6.92 Å². The third kappa shape index (κ3) is 6.59. The summed E-state index contributed by atoms with van der Waals surface area (Å²) in [4.78, 5) is 15.9. The van der Waals surface area contributed by atoms with E-state index in [0.717, 1.165) is 62.3 Å². The molecule has 3 rings (SSSR count). The maximum Gasteiger partial charge on any atom is 0.216 e. The van der Waals surface area contributed by atoms with Gasteiger partial charge in [-0.25, -0.2) is 4.98 Å². The number of rotatable bonds is 12. The topological polar surface area (TPSA) is 56.2 Å². The molecule has 1 heterocycles. The Bertz CT molecular complexity index is 1020. The fourth-order valence-corrected chi connectivity index (χ4v) is 4.06. The van der Waals surface area contributed by atoms with E-state index in [4.69, 9.17) is 9.72 Å². The van der Waals surface area contributed by atoms with Crippen LogP contribution in [0.3, 0.4) is 0 Å². The molecule has 0 aliphatic heterocycles. The summed E-state index contributed by atoms with van der Waals surface area (Å²) in [7, 11) is 0. The van der Waals surface area contributed by atoms with E-state index in [-0.39, 0.29) is 5.91 Å². The lowest BCUT2D eigenvalue weighted by Crippen LogP contribution is -2.20. The number of ether oxygens (including phenoxy) is 1. The molecule has 0 spiro atoms. The lowest BCUT2D eigenvalue weighted by atomic mass is 10.0. The van der Waals surface area contributed by atoms with Crippen molar-refractivity contribution >= 4 is 16.9 Å². The van der Waals surface area contributed by atoms with E-state index < -0.39 is 0 Å². The summed E-state index contributed by atoms with van der Waals surface area (Å²) in [5, 5.41) is 2.87. The van der Waals surface area contributed by atoms with Crippen LogP contribution >= 0.6 is 0 Å². The van der Waals surface area contributed by atoms with Crippen molar-refractivity contribution in [3.8, 4) is 5.75 Å². The lowest BCUT2D eigenvalue weighted by molar-refractivity contribution is -0.118. The zero-order chi connectivity index (χ0) is 22.9. The van der Waals surface area contributed by atoms with Crippen LogP contribution in [0.1, 0.15) is 69.3 Å². The van der Waals surface area contributed by atoms with Crippen molar-refractivity contribution in [3.63, 3.8) is 0 Å². The van der Waals surface area contributed by atoms with E-state index >= 15 is 0 Å². The number of unbranched alkanes of at least 4 members (excludes halogenated alkanes) is 2. The third-order valence-corrected chi connectivity index (χ3v) is 5.76. The predicted molar refractivity (Wildman–Crippen MR) is 131 cm³/mol. The van der Waals surface area contributed by atoms with E-state index in [1.807, 2.05) is 6.07 Å². The minimum absolute atomic E-state index is 0.0418. The van der Waals surface area contributed by atoms with Crippen LogP contribution < -0.4 is 10.1 Å². The van der Waals surface area contributed by atoms with Gasteiger partial charge in [-0.15, -0.1) is 0 Å². The van der Waals surface area contributed by atoms with Crippen LogP contribution in [0.5, 0.6) is 5.75 Å². The molecule has 5 heteroatoms. The second-order valence-corrected chi connectivity index (χ2v) is 8.86. The molecule has 5 nitrogen and oxygen atoms in total. The number of imidazole rings is 1. The summed E-state index contributed by atoms with van der Waals surface area (Å²) >= 11 is 0. The summed E-state index contributed by atoms with van der Waals surface area (Å²) in [6.45, 7) is 10.4. The number of hydrogen-bond donors (Lipinski definition) is 1. The highest BCUT2D eigenvalue weighted by Gasteiger charge is 2.11. The normalized spacial score (nSPS) is 11.3. The number of aryl methyl sites for hydroxylation is 3. The van der Waals surface area contributed by atoms with Crippen LogP contribution in [-0.2, 0) is 17.8 Å². The summed E-state index contributed by atoms with van der Waals surface area (Å²) in [6.07, 6.45) is 5.03. The van der Waals surface area contributed by atoms with Gasteiger partial charge in [-0.3, -0.25) is 4.79 Å². The van der Waals surface area contributed by atoms with Crippen LogP contribution in [0.2, 0.25) is 0 Å². The number of nitrogens with zero attached hydrogens (tertiary/aromatic N) is 2. The first-order valence-electron chi connectivity index (χ1n) is 11.9. The molecule has 0 saturated carbocycles. The number of hydrogen-bond acceptors (Lipinski definition) is 3. The molecule has 0 bridgehead atoms. The number of carbonyl (C=O) groups excluding carboxylic acids is 1. The number of para-hydroxylation sites is 2. The summed E-state index contributed by atoms with van der Waals surface area (Å²) < 4.78 is 8.56. The maximum absolute atomic E-state index is 11.0. The van der Waals surface area contributed by atoms with Crippen molar-refractivity contribution in [1.29, 1.82) is 0 Å². The van der Waals surface area contributed by atoms with Gasteiger partial charge >= 0.3 is 0 Å². The molecular weight excluding hydrogens is 398 g/mol. The molecular formula is C27H37N3O2. The van der Waals surface area contributed by atoms with Gasteiger partial charge in [0.05, 0.1) is 17.6 Å². The standard InChI is InChI=1S/C27H37N3O2/c1-20(2)23-15-14-21(3)19-26(23)32-18-10-17-30-25-12-8-7-11-24(25)29-27(30)13-6-5-9-16-28-22(4)31/h7-8,11-12,14-15,19-20H,5-6,9-10,13,16-18H2,1-4H3,(H,28,31). The largest absolute Gasteiger partial charge is 0.493 e. The highest BCUT2D eigenvalue weighted by atomic mass is 16.5. The van der Waals surface area contributed by atoms with Gasteiger partial charge in [0.25, 0.3) is 0 Å². The van der Waals surface area contributed by atoms with Crippen LogP contribution in [0.15, 0.2) is 42.5 Å². The second kappa shape index (κ2) is 11.7. The Morgan fingerprint density at radius 2 is 1.91 bits per heavy atom. The van der Waals surface area contributed by atoms with Gasteiger partial charge in [-0.05, 0) is 61.4 Å². The monoisotopic (exact) mass is 435 g/mol. The number of benzene rings is 2. The highest BCUT2D eigenvalue weighted by Crippen LogP contribution is 2.27. The van der Waals surface area contributed by atoms with Crippen molar-refractivity contribution in [1.82, 2.24) is 14.9 Å². The molecule has 0 fully saturated rings. The van der Waals surface area contributed by atoms with Gasteiger partial charge in [0, 0.05) is 26.4 Å². The summed E-state index contributed by atoms with van der Waals surface area (Å²) in [5.41, 5.74) is 4.75. The molecule has 1 aromatic heterocycles. The highest BCUT2D eigenvalue weighted by molar-refractivity contribution is 5.75. The van der Waals surface area contributed by atoms with E-state index in [1.165, 1.54) is 16.6 Å². The van der Waals surface area contributed by atoms with Crippen molar-refractivity contribution in [3.05, 3.63) is 59.4 Å². The summed E-state index contributed by atoms with van der Waals surface area (Å²) in [6, 6.07) is 14.9.